The molecule has 0 aliphatic heterocycles. The Kier molecular flexibility index (Phi) is 1.85. The van der Waals surface area contributed by atoms with Gasteiger partial charge in [-0.05, 0) is 37.9 Å². The number of aromatic nitrogens is 2. The average molecular weight is 298 g/mol. The molecule has 1 aliphatic carbocycles. The maximum absolute atomic E-state index is 13.3. The molecule has 3 nitrogen and oxygen atoms in total. The van der Waals surface area contributed by atoms with Crippen LogP contribution < -0.4 is 0 Å². The molecule has 3 heteroatoms. The zero-order valence-corrected chi connectivity index (χ0v) is 12.0. The predicted molar refractivity (Wildman–Crippen MR) is 88.2 cm³/mol. The summed E-state index contributed by atoms with van der Waals surface area (Å²) in [5.74, 6) is -0.512. The van der Waals surface area contributed by atoms with Crippen LogP contribution in [0.5, 0.6) is 0 Å². The minimum absolute atomic E-state index is 0.120. The van der Waals surface area contributed by atoms with E-state index in [0.717, 1.165) is 0 Å². The van der Waals surface area contributed by atoms with E-state index in [9.17, 15) is 4.79 Å². The van der Waals surface area contributed by atoms with Gasteiger partial charge in [0.15, 0.2) is 5.78 Å². The number of fused-ring (bicyclic) bond motifs is 3. The molecule has 1 aromatic carbocycles. The van der Waals surface area contributed by atoms with Crippen LogP contribution >= 0.6 is 0 Å². The van der Waals surface area contributed by atoms with Crippen molar-refractivity contribution < 1.29 is 13.0 Å². The zero-order chi connectivity index (χ0) is 20.3. The third kappa shape index (κ3) is 1.85. The minimum Gasteiger partial charge on any atom is -0.351 e. The molecular formula is C19H20N2O. The van der Waals surface area contributed by atoms with Crippen molar-refractivity contribution in [2.24, 2.45) is 12.9 Å². The molecular weight excluding hydrogens is 272 g/mol. The van der Waals surface area contributed by atoms with E-state index in [1.807, 2.05) is 0 Å². The molecule has 0 bridgehead atoms. The fraction of sp³-hybridized carbons (Fsp3) is 0.316. The van der Waals surface area contributed by atoms with Crippen LogP contribution in [0.3, 0.4) is 0 Å². The van der Waals surface area contributed by atoms with Crippen LogP contribution in [0.25, 0.3) is 10.9 Å². The molecule has 0 N–H and O–H groups in total. The average Bonchev–Trinajstić information content (AvgIpc) is 3.19. The first kappa shape index (κ1) is 8.37. The van der Waals surface area contributed by atoms with Crippen molar-refractivity contribution in [3.05, 3.63) is 59.5 Å². The summed E-state index contributed by atoms with van der Waals surface area (Å²) in [5.41, 5.74) is 1.75. The molecule has 0 saturated carbocycles. The van der Waals surface area contributed by atoms with Crippen LogP contribution in [-0.2, 0) is 19.9 Å². The number of para-hydroxylation sites is 1. The van der Waals surface area contributed by atoms with E-state index < -0.39 is 19.7 Å². The first-order valence-corrected chi connectivity index (χ1v) is 7.41. The largest absolute Gasteiger partial charge is 0.351 e. The number of hydrogen-bond donors (Lipinski definition) is 0. The monoisotopic (exact) mass is 298 g/mol. The van der Waals surface area contributed by atoms with Gasteiger partial charge in [-0.25, -0.2) is 0 Å². The summed E-state index contributed by atoms with van der Waals surface area (Å²) in [7, 11) is 0. The van der Waals surface area contributed by atoms with Crippen LogP contribution in [0, 0.1) is 12.8 Å². The smallest absolute Gasteiger partial charge is 0.170 e. The van der Waals surface area contributed by atoms with Gasteiger partial charge >= 0.3 is 0 Å². The van der Waals surface area contributed by atoms with Gasteiger partial charge in [-0.2, -0.15) is 0 Å². The Labute approximate surface area is 138 Å². The Bertz CT molecular complexity index is 1060. The molecule has 2 heterocycles. The molecule has 2 aromatic heterocycles. The minimum atomic E-state index is -2.37. The van der Waals surface area contributed by atoms with Crippen molar-refractivity contribution >= 4 is 16.7 Å². The fourth-order valence-corrected chi connectivity index (χ4v) is 3.44. The second-order valence-electron chi connectivity index (χ2n) is 5.82. The van der Waals surface area contributed by atoms with E-state index in [4.69, 9.17) is 8.22 Å². The van der Waals surface area contributed by atoms with Crippen LogP contribution in [0.15, 0.2) is 42.6 Å². The Morgan fingerprint density at radius 3 is 3.05 bits per heavy atom. The van der Waals surface area contributed by atoms with Gasteiger partial charge in [0.2, 0.25) is 0 Å². The van der Waals surface area contributed by atoms with Crippen LogP contribution in [-0.4, -0.2) is 14.9 Å². The highest BCUT2D eigenvalue weighted by molar-refractivity contribution is 6.11. The quantitative estimate of drug-likeness (QED) is 0.708. The zero-order valence-electron chi connectivity index (χ0n) is 18.0. The Morgan fingerprint density at radius 1 is 1.27 bits per heavy atom. The highest BCUT2D eigenvalue weighted by atomic mass is 16.1. The molecule has 0 saturated heterocycles. The van der Waals surface area contributed by atoms with Crippen molar-refractivity contribution in [3.8, 4) is 0 Å². The summed E-state index contributed by atoms with van der Waals surface area (Å²) in [6, 6.07) is 10.3. The van der Waals surface area contributed by atoms with Gasteiger partial charge in [-0.15, -0.1) is 0 Å². The van der Waals surface area contributed by atoms with Crippen molar-refractivity contribution in [2.75, 3.05) is 0 Å². The third-order valence-electron chi connectivity index (χ3n) is 4.57. The Balaban J connectivity index is 1.77. The summed E-state index contributed by atoms with van der Waals surface area (Å²) in [6.07, 6.45) is 2.62. The Morgan fingerprint density at radius 2 is 2.18 bits per heavy atom. The van der Waals surface area contributed by atoms with Crippen LogP contribution in [0.4, 0.5) is 0 Å². The molecule has 4 rings (SSSR count). The number of rotatable bonds is 2. The lowest BCUT2D eigenvalue weighted by Gasteiger charge is -2.23. The van der Waals surface area contributed by atoms with Gasteiger partial charge < -0.3 is 9.13 Å². The number of benzene rings is 1. The van der Waals surface area contributed by atoms with Crippen molar-refractivity contribution in [1.29, 1.82) is 0 Å². The standard InChI is InChI=1S/C19H20N2O/c1-13-6-5-11-21(13)12-14-9-10-17-18(19(14)22)15-7-3-4-8-16(15)20(17)2/h3-8,11,14H,9-10,12H2,1-2H3/i1D3,2D3. The Hall–Kier alpha value is -2.29. The summed E-state index contributed by atoms with van der Waals surface area (Å²) in [6.45, 7) is -4.34. The number of Topliss-reactive ketones (excluding diaryl/α,β-unsaturated/α-hetero) is 1. The van der Waals surface area contributed by atoms with Gasteiger partial charge in [0.05, 0.1) is 0 Å². The van der Waals surface area contributed by atoms with E-state index >= 15 is 0 Å². The lowest BCUT2D eigenvalue weighted by atomic mass is 9.85. The molecule has 1 unspecified atom stereocenters. The summed E-state index contributed by atoms with van der Waals surface area (Å²) in [5, 5.41) is 0.645. The van der Waals surface area contributed by atoms with Crippen molar-refractivity contribution in [3.63, 3.8) is 0 Å². The SMILES string of the molecule is [2H]C([2H])([2H])c1cccn1CC1CCc2c(c3ccccc3n2C([2H])([2H])[2H])C1=O. The summed E-state index contributed by atoms with van der Waals surface area (Å²) in [4.78, 5) is 13.3. The van der Waals surface area contributed by atoms with E-state index in [1.54, 1.807) is 47.2 Å². The first-order chi connectivity index (χ1) is 13.1. The second-order valence-corrected chi connectivity index (χ2v) is 5.82. The molecule has 112 valence electrons. The van der Waals surface area contributed by atoms with E-state index in [1.165, 1.54) is 4.57 Å². The van der Waals surface area contributed by atoms with Crippen LogP contribution in [0.1, 0.15) is 36.4 Å². The lowest BCUT2D eigenvalue weighted by Crippen LogP contribution is -2.27. The molecule has 1 atom stereocenters. The topological polar surface area (TPSA) is 26.9 Å². The molecule has 0 amide bonds. The van der Waals surface area contributed by atoms with Crippen LogP contribution in [0.2, 0.25) is 0 Å². The third-order valence-corrected chi connectivity index (χ3v) is 4.57. The highest BCUT2D eigenvalue weighted by Gasteiger charge is 2.32. The molecule has 3 aromatic rings. The molecule has 22 heavy (non-hydrogen) atoms. The number of ketones is 1. The molecule has 1 aliphatic rings. The van der Waals surface area contributed by atoms with E-state index in [0.29, 0.717) is 35.0 Å². The number of nitrogens with zero attached hydrogens (tertiary/aromatic N) is 2. The van der Waals surface area contributed by atoms with Crippen molar-refractivity contribution in [1.82, 2.24) is 9.13 Å². The van der Waals surface area contributed by atoms with Gasteiger partial charge in [0.25, 0.3) is 0 Å². The number of carbonyl (C=O) groups excluding carboxylic acids is 1. The van der Waals surface area contributed by atoms with Gasteiger partial charge in [-0.1, -0.05) is 18.2 Å². The predicted octanol–water partition coefficient (Wildman–Crippen LogP) is 3.73. The summed E-state index contributed by atoms with van der Waals surface area (Å²) >= 11 is 0. The highest BCUT2D eigenvalue weighted by Crippen LogP contribution is 2.34. The molecule has 0 radical (unpaired) electrons. The van der Waals surface area contributed by atoms with Crippen molar-refractivity contribution in [2.45, 2.75) is 26.2 Å². The maximum Gasteiger partial charge on any atom is 0.170 e. The van der Waals surface area contributed by atoms with E-state index in [-0.39, 0.29) is 18.0 Å². The van der Waals surface area contributed by atoms with Gasteiger partial charge in [0, 0.05) is 61.7 Å². The lowest BCUT2D eigenvalue weighted by molar-refractivity contribution is 0.0888. The van der Waals surface area contributed by atoms with Gasteiger partial charge in [0.1, 0.15) is 0 Å². The number of hydrogen-bond acceptors (Lipinski definition) is 1. The summed E-state index contributed by atoms with van der Waals surface area (Å²) < 4.78 is 49.6. The number of carbonyl (C=O) groups is 1. The second kappa shape index (κ2) is 4.87. The van der Waals surface area contributed by atoms with E-state index in [2.05, 4.69) is 0 Å². The van der Waals surface area contributed by atoms with Gasteiger partial charge in [-0.3, -0.25) is 4.79 Å². The first-order valence-electron chi connectivity index (χ1n) is 10.4. The fourth-order valence-electron chi connectivity index (χ4n) is 3.44. The number of aryl methyl sites for hydroxylation is 2. The maximum atomic E-state index is 13.3. The normalized spacial score (nSPS) is 23.1. The molecule has 0 spiro atoms. The molecule has 0 fully saturated rings.